The molecule has 1 aliphatic rings. The van der Waals surface area contributed by atoms with E-state index in [0.29, 0.717) is 42.9 Å². The first-order chi connectivity index (χ1) is 16.1. The van der Waals surface area contributed by atoms with Crippen molar-refractivity contribution in [1.82, 2.24) is 10.5 Å². The van der Waals surface area contributed by atoms with Gasteiger partial charge in [-0.15, -0.1) is 0 Å². The Morgan fingerprint density at radius 2 is 1.91 bits per heavy atom. The second-order valence-corrected chi connectivity index (χ2v) is 7.97. The molecule has 1 fully saturated rings. The number of aromatic nitrogens is 1. The molecule has 1 saturated heterocycles. The summed E-state index contributed by atoms with van der Waals surface area (Å²) >= 11 is 0. The van der Waals surface area contributed by atoms with E-state index in [4.69, 9.17) is 18.7 Å². The number of amides is 1. The van der Waals surface area contributed by atoms with Crippen molar-refractivity contribution in [3.8, 4) is 11.5 Å². The summed E-state index contributed by atoms with van der Waals surface area (Å²) in [4.78, 5) is 12.4. The zero-order valence-corrected chi connectivity index (χ0v) is 18.5. The number of rotatable bonds is 9. The van der Waals surface area contributed by atoms with Crippen LogP contribution >= 0.6 is 0 Å². The van der Waals surface area contributed by atoms with Crippen LogP contribution in [-0.2, 0) is 17.8 Å². The highest BCUT2D eigenvalue weighted by molar-refractivity contribution is 5.94. The SMILES string of the molecule is COc1ccc(C(=O)NC[C@H]2O[C@H](Cc3cc(COc4ccccc4)on3)CC[C@@H]2O)cc1. The summed E-state index contributed by atoms with van der Waals surface area (Å²) in [7, 11) is 1.58. The highest BCUT2D eigenvalue weighted by Gasteiger charge is 2.31. The van der Waals surface area contributed by atoms with Gasteiger partial charge in [-0.3, -0.25) is 4.79 Å². The quantitative estimate of drug-likeness (QED) is 0.514. The Hall–Kier alpha value is -3.36. The molecular weight excluding hydrogens is 424 g/mol. The number of benzene rings is 2. The van der Waals surface area contributed by atoms with Gasteiger partial charge in [0.1, 0.15) is 24.2 Å². The number of carbonyl (C=O) groups is 1. The van der Waals surface area contributed by atoms with Crippen LogP contribution in [0.5, 0.6) is 11.5 Å². The van der Waals surface area contributed by atoms with Crippen molar-refractivity contribution in [2.24, 2.45) is 0 Å². The number of para-hydroxylation sites is 1. The third kappa shape index (κ3) is 6.34. The maximum Gasteiger partial charge on any atom is 0.251 e. The van der Waals surface area contributed by atoms with Gasteiger partial charge in [-0.25, -0.2) is 0 Å². The summed E-state index contributed by atoms with van der Waals surface area (Å²) in [6.07, 6.45) is 0.611. The van der Waals surface area contributed by atoms with Crippen LogP contribution in [0, 0.1) is 0 Å². The lowest BCUT2D eigenvalue weighted by atomic mass is 9.98. The van der Waals surface area contributed by atoms with Crippen LogP contribution in [0.25, 0.3) is 0 Å². The molecule has 0 spiro atoms. The van der Waals surface area contributed by atoms with Crippen LogP contribution in [-0.4, -0.2) is 48.1 Å². The molecule has 2 heterocycles. The number of aliphatic hydroxyl groups is 1. The molecule has 8 nitrogen and oxygen atoms in total. The van der Waals surface area contributed by atoms with Crippen molar-refractivity contribution in [2.45, 2.75) is 44.2 Å². The van der Waals surface area contributed by atoms with Gasteiger partial charge in [-0.2, -0.15) is 0 Å². The minimum Gasteiger partial charge on any atom is -0.497 e. The molecule has 4 rings (SSSR count). The molecule has 3 aromatic rings. The van der Waals surface area contributed by atoms with Crippen LogP contribution in [0.3, 0.4) is 0 Å². The van der Waals surface area contributed by atoms with Gasteiger partial charge >= 0.3 is 0 Å². The van der Waals surface area contributed by atoms with Crippen molar-refractivity contribution >= 4 is 5.91 Å². The van der Waals surface area contributed by atoms with Crippen molar-refractivity contribution in [1.29, 1.82) is 0 Å². The summed E-state index contributed by atoms with van der Waals surface area (Å²) in [5.74, 6) is 1.85. The predicted octanol–water partition coefficient (Wildman–Crippen LogP) is 3.14. The lowest BCUT2D eigenvalue weighted by Gasteiger charge is -2.33. The highest BCUT2D eigenvalue weighted by Crippen LogP contribution is 2.23. The Bertz CT molecular complexity index is 1020. The average molecular weight is 453 g/mol. The first-order valence-corrected chi connectivity index (χ1v) is 11.0. The van der Waals surface area contributed by atoms with Crippen molar-refractivity contribution in [3.05, 3.63) is 77.7 Å². The van der Waals surface area contributed by atoms with E-state index < -0.39 is 12.2 Å². The van der Waals surface area contributed by atoms with Crippen molar-refractivity contribution < 1.29 is 28.6 Å². The van der Waals surface area contributed by atoms with E-state index in [9.17, 15) is 9.90 Å². The third-order valence-electron chi connectivity index (χ3n) is 5.57. The van der Waals surface area contributed by atoms with Crippen molar-refractivity contribution in [3.63, 3.8) is 0 Å². The number of hydrogen-bond acceptors (Lipinski definition) is 7. The maximum absolute atomic E-state index is 12.4. The van der Waals surface area contributed by atoms with E-state index in [1.165, 1.54) is 0 Å². The van der Waals surface area contributed by atoms with Gasteiger partial charge in [0.15, 0.2) is 5.76 Å². The van der Waals surface area contributed by atoms with E-state index in [-0.39, 0.29) is 18.6 Å². The number of ether oxygens (including phenoxy) is 3. The standard InChI is InChI=1S/C25H28N2O6/c1-30-19-9-7-17(8-10-19)25(29)26-15-24-23(28)12-11-21(32-24)13-18-14-22(33-27-18)16-31-20-5-3-2-4-6-20/h2-10,14,21,23-24,28H,11-13,15-16H2,1H3,(H,26,29)/t21-,23-,24+/m0/s1. The molecule has 0 aliphatic carbocycles. The van der Waals surface area contributed by atoms with Gasteiger partial charge in [0.25, 0.3) is 5.91 Å². The van der Waals surface area contributed by atoms with Crippen LogP contribution in [0.2, 0.25) is 0 Å². The average Bonchev–Trinajstić information content (AvgIpc) is 3.30. The topological polar surface area (TPSA) is 103 Å². The summed E-state index contributed by atoms with van der Waals surface area (Å²) in [5, 5.41) is 17.3. The summed E-state index contributed by atoms with van der Waals surface area (Å²) in [5.41, 5.74) is 1.29. The molecule has 2 N–H and O–H groups in total. The summed E-state index contributed by atoms with van der Waals surface area (Å²) in [6, 6.07) is 18.2. The van der Waals surface area contributed by atoms with Crippen LogP contribution in [0.1, 0.15) is 34.7 Å². The Balaban J connectivity index is 1.26. The molecular formula is C25H28N2O6. The van der Waals surface area contributed by atoms with E-state index >= 15 is 0 Å². The molecule has 1 aliphatic heterocycles. The first-order valence-electron chi connectivity index (χ1n) is 11.0. The molecule has 0 bridgehead atoms. The smallest absolute Gasteiger partial charge is 0.251 e. The Morgan fingerprint density at radius 3 is 2.67 bits per heavy atom. The maximum atomic E-state index is 12.4. The molecule has 3 atom stereocenters. The van der Waals surface area contributed by atoms with Crippen LogP contribution in [0.4, 0.5) is 0 Å². The fraction of sp³-hybridized carbons (Fsp3) is 0.360. The molecule has 2 aromatic carbocycles. The minimum absolute atomic E-state index is 0.121. The zero-order chi connectivity index (χ0) is 23.0. The summed E-state index contributed by atoms with van der Waals surface area (Å²) < 4.78 is 22.2. The van der Waals surface area contributed by atoms with Gasteiger partial charge in [0.2, 0.25) is 0 Å². The van der Waals surface area contributed by atoms with E-state index in [1.54, 1.807) is 31.4 Å². The second-order valence-electron chi connectivity index (χ2n) is 7.97. The Kier molecular flexibility index (Phi) is 7.59. The first kappa shape index (κ1) is 22.8. The van der Waals surface area contributed by atoms with E-state index in [0.717, 1.165) is 11.4 Å². The Labute approximate surface area is 192 Å². The number of aliphatic hydroxyl groups excluding tert-OH is 1. The minimum atomic E-state index is -0.635. The lowest BCUT2D eigenvalue weighted by Crippen LogP contribution is -2.46. The van der Waals surface area contributed by atoms with Gasteiger partial charge in [0.05, 0.1) is 25.0 Å². The number of nitrogens with one attached hydrogen (secondary N) is 1. The van der Waals surface area contributed by atoms with Crippen LogP contribution < -0.4 is 14.8 Å². The number of carbonyl (C=O) groups excluding carboxylic acids is 1. The highest BCUT2D eigenvalue weighted by atomic mass is 16.5. The monoisotopic (exact) mass is 452 g/mol. The van der Waals surface area contributed by atoms with Gasteiger partial charge in [0, 0.05) is 24.6 Å². The molecule has 174 valence electrons. The molecule has 1 amide bonds. The fourth-order valence-corrected chi connectivity index (χ4v) is 3.74. The Morgan fingerprint density at radius 1 is 1.12 bits per heavy atom. The predicted molar refractivity (Wildman–Crippen MR) is 120 cm³/mol. The number of hydrogen-bond donors (Lipinski definition) is 2. The molecule has 0 radical (unpaired) electrons. The van der Waals surface area contributed by atoms with Gasteiger partial charge in [-0.1, -0.05) is 23.4 Å². The normalized spacial score (nSPS) is 20.2. The fourth-order valence-electron chi connectivity index (χ4n) is 3.74. The molecule has 1 aromatic heterocycles. The number of nitrogens with zero attached hydrogens (tertiary/aromatic N) is 1. The van der Waals surface area contributed by atoms with E-state index in [2.05, 4.69) is 10.5 Å². The van der Waals surface area contributed by atoms with E-state index in [1.807, 2.05) is 36.4 Å². The molecule has 0 saturated carbocycles. The third-order valence-corrected chi connectivity index (χ3v) is 5.57. The van der Waals surface area contributed by atoms with Crippen LogP contribution in [0.15, 0.2) is 65.2 Å². The van der Waals surface area contributed by atoms with Crippen molar-refractivity contribution in [2.75, 3.05) is 13.7 Å². The van der Waals surface area contributed by atoms with Gasteiger partial charge in [-0.05, 0) is 49.2 Å². The molecule has 8 heteroatoms. The van der Waals surface area contributed by atoms with Gasteiger partial charge < -0.3 is 29.2 Å². The summed E-state index contributed by atoms with van der Waals surface area (Å²) in [6.45, 7) is 0.513. The lowest BCUT2D eigenvalue weighted by molar-refractivity contribution is -0.114. The zero-order valence-electron chi connectivity index (χ0n) is 18.5. The molecule has 0 unspecified atom stereocenters. The largest absolute Gasteiger partial charge is 0.497 e. The molecule has 33 heavy (non-hydrogen) atoms. The second kappa shape index (κ2) is 11.0. The number of methoxy groups -OCH3 is 1.